The van der Waals surface area contributed by atoms with Crippen LogP contribution in [0.25, 0.3) is 0 Å². The standard InChI is InChI=1S/C6H16N2/c1-5(2)4-6(3)8-7/h5-6,8H,4,7H2,1-3H3. The fourth-order valence-corrected chi connectivity index (χ4v) is 0.775. The average molecular weight is 116 g/mol. The van der Waals surface area contributed by atoms with Gasteiger partial charge in [0, 0.05) is 6.04 Å². The van der Waals surface area contributed by atoms with Crippen molar-refractivity contribution in [2.75, 3.05) is 0 Å². The quantitative estimate of drug-likeness (QED) is 0.424. The maximum atomic E-state index is 5.17. The summed E-state index contributed by atoms with van der Waals surface area (Å²) in [4.78, 5) is 0. The van der Waals surface area contributed by atoms with Gasteiger partial charge in [0.1, 0.15) is 0 Å². The lowest BCUT2D eigenvalue weighted by molar-refractivity contribution is 0.451. The molecule has 0 aliphatic heterocycles. The molecule has 2 heteroatoms. The molecular weight excluding hydrogens is 100 g/mol. The predicted molar refractivity (Wildman–Crippen MR) is 36.2 cm³/mol. The molecule has 1 unspecified atom stereocenters. The van der Waals surface area contributed by atoms with Crippen LogP contribution in [-0.4, -0.2) is 6.04 Å². The fourth-order valence-electron chi connectivity index (χ4n) is 0.775. The molecule has 2 nitrogen and oxygen atoms in total. The summed E-state index contributed by atoms with van der Waals surface area (Å²) in [5.41, 5.74) is 2.70. The highest BCUT2D eigenvalue weighted by Gasteiger charge is 1.99. The van der Waals surface area contributed by atoms with Gasteiger partial charge >= 0.3 is 0 Å². The van der Waals surface area contributed by atoms with Gasteiger partial charge in [-0.05, 0) is 19.3 Å². The van der Waals surface area contributed by atoms with Gasteiger partial charge in [-0.3, -0.25) is 11.3 Å². The minimum Gasteiger partial charge on any atom is -0.271 e. The summed E-state index contributed by atoms with van der Waals surface area (Å²) in [6.45, 7) is 6.46. The Morgan fingerprint density at radius 1 is 1.38 bits per heavy atom. The Balaban J connectivity index is 3.10. The molecule has 0 amide bonds. The second-order valence-electron chi connectivity index (χ2n) is 2.70. The molecule has 0 radical (unpaired) electrons. The first-order chi connectivity index (χ1) is 3.66. The fraction of sp³-hybridized carbons (Fsp3) is 1.00. The van der Waals surface area contributed by atoms with Crippen molar-refractivity contribution in [1.82, 2.24) is 5.43 Å². The van der Waals surface area contributed by atoms with Gasteiger partial charge in [-0.2, -0.15) is 0 Å². The highest BCUT2D eigenvalue weighted by Crippen LogP contribution is 2.01. The highest BCUT2D eigenvalue weighted by molar-refractivity contribution is 4.57. The molecule has 0 fully saturated rings. The van der Waals surface area contributed by atoms with E-state index in [1.165, 1.54) is 0 Å². The van der Waals surface area contributed by atoms with Gasteiger partial charge in [0.2, 0.25) is 0 Å². The number of hydrogen-bond donors (Lipinski definition) is 2. The van der Waals surface area contributed by atoms with Crippen LogP contribution in [0.2, 0.25) is 0 Å². The number of nitrogens with one attached hydrogen (secondary N) is 1. The first kappa shape index (κ1) is 7.92. The maximum Gasteiger partial charge on any atom is 0.0184 e. The summed E-state index contributed by atoms with van der Waals surface area (Å²) in [5.74, 6) is 5.91. The minimum atomic E-state index is 0.454. The molecule has 0 aliphatic rings. The molecular formula is C6H16N2. The number of hydrogen-bond acceptors (Lipinski definition) is 2. The van der Waals surface area contributed by atoms with Crippen LogP contribution in [0.1, 0.15) is 27.2 Å². The molecule has 0 aromatic carbocycles. The zero-order chi connectivity index (χ0) is 6.57. The van der Waals surface area contributed by atoms with Gasteiger partial charge in [-0.1, -0.05) is 13.8 Å². The van der Waals surface area contributed by atoms with Crippen LogP contribution >= 0.6 is 0 Å². The molecule has 3 N–H and O–H groups in total. The third-order valence-electron chi connectivity index (χ3n) is 1.11. The van der Waals surface area contributed by atoms with Crippen LogP contribution in [0, 0.1) is 5.92 Å². The average Bonchev–Trinajstić information content (AvgIpc) is 1.65. The third kappa shape index (κ3) is 4.09. The van der Waals surface area contributed by atoms with Crippen molar-refractivity contribution in [2.45, 2.75) is 33.2 Å². The molecule has 0 saturated carbocycles. The minimum absolute atomic E-state index is 0.454. The van der Waals surface area contributed by atoms with Gasteiger partial charge in [0.25, 0.3) is 0 Å². The maximum absolute atomic E-state index is 5.17. The van der Waals surface area contributed by atoms with Gasteiger partial charge < -0.3 is 0 Å². The summed E-state index contributed by atoms with van der Waals surface area (Å²) in [7, 11) is 0. The van der Waals surface area contributed by atoms with Crippen molar-refractivity contribution < 1.29 is 0 Å². The number of nitrogens with two attached hydrogens (primary N) is 1. The van der Waals surface area contributed by atoms with Gasteiger partial charge in [0.05, 0.1) is 0 Å². The monoisotopic (exact) mass is 116 g/mol. The SMILES string of the molecule is CC(C)CC(C)NN. The Kier molecular flexibility index (Phi) is 3.83. The lowest BCUT2D eigenvalue weighted by atomic mass is 10.1. The molecule has 0 spiro atoms. The largest absolute Gasteiger partial charge is 0.271 e. The van der Waals surface area contributed by atoms with Crippen molar-refractivity contribution in [3.05, 3.63) is 0 Å². The van der Waals surface area contributed by atoms with Crippen molar-refractivity contribution in [2.24, 2.45) is 11.8 Å². The van der Waals surface area contributed by atoms with Crippen LogP contribution in [0.3, 0.4) is 0 Å². The summed E-state index contributed by atoms with van der Waals surface area (Å²) in [6, 6.07) is 0.454. The van der Waals surface area contributed by atoms with Crippen LogP contribution in [-0.2, 0) is 0 Å². The molecule has 0 aliphatic carbocycles. The Morgan fingerprint density at radius 2 is 1.88 bits per heavy atom. The molecule has 0 bridgehead atoms. The lowest BCUT2D eigenvalue weighted by Crippen LogP contribution is -2.33. The van der Waals surface area contributed by atoms with E-state index in [-0.39, 0.29) is 0 Å². The summed E-state index contributed by atoms with van der Waals surface area (Å²) in [6.07, 6.45) is 1.15. The molecule has 50 valence electrons. The van der Waals surface area contributed by atoms with Crippen LogP contribution in [0.15, 0.2) is 0 Å². The normalized spacial score (nSPS) is 14.6. The summed E-state index contributed by atoms with van der Waals surface area (Å²) < 4.78 is 0. The topological polar surface area (TPSA) is 38.0 Å². The smallest absolute Gasteiger partial charge is 0.0184 e. The third-order valence-corrected chi connectivity index (χ3v) is 1.11. The van der Waals surface area contributed by atoms with E-state index >= 15 is 0 Å². The Hall–Kier alpha value is -0.0800. The van der Waals surface area contributed by atoms with E-state index in [0.29, 0.717) is 6.04 Å². The molecule has 0 aromatic rings. The molecule has 0 aromatic heterocycles. The number of rotatable bonds is 3. The molecule has 0 saturated heterocycles. The number of hydrazine groups is 1. The van der Waals surface area contributed by atoms with Crippen molar-refractivity contribution in [1.29, 1.82) is 0 Å². The molecule has 8 heavy (non-hydrogen) atoms. The highest BCUT2D eigenvalue weighted by atomic mass is 15.2. The molecule has 0 heterocycles. The van der Waals surface area contributed by atoms with Gasteiger partial charge in [0.15, 0.2) is 0 Å². The summed E-state index contributed by atoms with van der Waals surface area (Å²) in [5, 5.41) is 0. The van der Waals surface area contributed by atoms with Crippen molar-refractivity contribution in [3.8, 4) is 0 Å². The second-order valence-corrected chi connectivity index (χ2v) is 2.70. The second kappa shape index (κ2) is 3.87. The Labute approximate surface area is 51.4 Å². The van der Waals surface area contributed by atoms with E-state index in [0.717, 1.165) is 12.3 Å². The van der Waals surface area contributed by atoms with E-state index in [2.05, 4.69) is 26.2 Å². The first-order valence-electron chi connectivity index (χ1n) is 3.13. The van der Waals surface area contributed by atoms with Crippen molar-refractivity contribution in [3.63, 3.8) is 0 Å². The van der Waals surface area contributed by atoms with Crippen LogP contribution in [0.4, 0.5) is 0 Å². The van der Waals surface area contributed by atoms with E-state index < -0.39 is 0 Å². The van der Waals surface area contributed by atoms with E-state index in [9.17, 15) is 0 Å². The van der Waals surface area contributed by atoms with E-state index in [1.807, 2.05) is 0 Å². The molecule has 0 rings (SSSR count). The first-order valence-corrected chi connectivity index (χ1v) is 3.13. The van der Waals surface area contributed by atoms with E-state index in [1.54, 1.807) is 0 Å². The zero-order valence-electron chi connectivity index (χ0n) is 5.94. The van der Waals surface area contributed by atoms with Crippen LogP contribution < -0.4 is 11.3 Å². The van der Waals surface area contributed by atoms with E-state index in [4.69, 9.17) is 5.84 Å². The molecule has 1 atom stereocenters. The summed E-state index contributed by atoms with van der Waals surface area (Å²) >= 11 is 0. The van der Waals surface area contributed by atoms with Gasteiger partial charge in [-0.15, -0.1) is 0 Å². The van der Waals surface area contributed by atoms with Crippen molar-refractivity contribution >= 4 is 0 Å². The Morgan fingerprint density at radius 3 is 2.00 bits per heavy atom. The predicted octanol–water partition coefficient (Wildman–Crippen LogP) is 0.884. The van der Waals surface area contributed by atoms with Crippen LogP contribution in [0.5, 0.6) is 0 Å². The zero-order valence-corrected chi connectivity index (χ0v) is 5.94. The van der Waals surface area contributed by atoms with Gasteiger partial charge in [-0.25, -0.2) is 0 Å². The lowest BCUT2D eigenvalue weighted by Gasteiger charge is -2.11. The Bertz CT molecular complexity index is 52.5.